The quantitative estimate of drug-likeness (QED) is 0.428. The number of unbranched alkanes of at least 4 members (excludes halogenated alkanes) is 1. The second-order valence-corrected chi connectivity index (χ2v) is 10.3. The highest BCUT2D eigenvalue weighted by Gasteiger charge is 2.75. The molecule has 3 amide bonds. The largest absolute Gasteiger partial charge is 0.396 e. The van der Waals surface area contributed by atoms with Crippen molar-refractivity contribution < 1.29 is 24.2 Å². The van der Waals surface area contributed by atoms with Crippen molar-refractivity contribution in [2.45, 2.75) is 76.7 Å². The third-order valence-corrected chi connectivity index (χ3v) is 7.98. The molecule has 34 heavy (non-hydrogen) atoms. The smallest absolute Gasteiger partial charge is 0.249 e. The molecule has 8 nitrogen and oxygen atoms in total. The Balaban J connectivity index is 1.85. The zero-order valence-corrected chi connectivity index (χ0v) is 20.9. The van der Waals surface area contributed by atoms with E-state index in [1.807, 2.05) is 56.9 Å². The van der Waals surface area contributed by atoms with Crippen LogP contribution in [0.15, 0.2) is 24.3 Å². The maximum Gasteiger partial charge on any atom is 0.249 e. The van der Waals surface area contributed by atoms with E-state index in [-0.39, 0.29) is 30.4 Å². The minimum atomic E-state index is -1.19. The van der Waals surface area contributed by atoms with Crippen molar-refractivity contribution in [3.05, 3.63) is 24.3 Å². The summed E-state index contributed by atoms with van der Waals surface area (Å²) in [6.07, 6.45) is 10.3. The van der Waals surface area contributed by atoms with Gasteiger partial charge in [-0.25, -0.2) is 0 Å². The number of hydrogen-bond acceptors (Lipinski definition) is 5. The Morgan fingerprint density at radius 3 is 2.38 bits per heavy atom. The average molecular weight is 474 g/mol. The predicted octanol–water partition coefficient (Wildman–Crippen LogP) is 1.74. The number of aliphatic hydroxyl groups is 1. The minimum Gasteiger partial charge on any atom is -0.396 e. The molecule has 0 aromatic rings. The fourth-order valence-electron chi connectivity index (χ4n) is 6.40. The van der Waals surface area contributed by atoms with Gasteiger partial charge in [-0.05, 0) is 39.5 Å². The lowest BCUT2D eigenvalue weighted by Crippen LogP contribution is -2.57. The molecular formula is C26H39N3O5. The Morgan fingerprint density at radius 1 is 1.00 bits per heavy atom. The molecule has 2 saturated heterocycles. The van der Waals surface area contributed by atoms with E-state index in [9.17, 15) is 19.5 Å². The highest BCUT2D eigenvalue weighted by Crippen LogP contribution is 2.58. The van der Waals surface area contributed by atoms with Gasteiger partial charge in [-0.3, -0.25) is 14.4 Å². The van der Waals surface area contributed by atoms with Crippen LogP contribution in [0, 0.1) is 11.8 Å². The summed E-state index contributed by atoms with van der Waals surface area (Å²) in [5.41, 5.74) is -2.11. The molecule has 0 bridgehead atoms. The highest BCUT2D eigenvalue weighted by atomic mass is 16.5. The summed E-state index contributed by atoms with van der Waals surface area (Å²) in [7, 11) is 0. The van der Waals surface area contributed by atoms with E-state index >= 15 is 0 Å². The number of carbonyl (C=O) groups is 3. The summed E-state index contributed by atoms with van der Waals surface area (Å²) in [6.45, 7) is 9.90. The minimum absolute atomic E-state index is 0.0283. The van der Waals surface area contributed by atoms with Gasteiger partial charge in [0.15, 0.2) is 0 Å². The molecule has 5 atom stereocenters. The molecule has 1 unspecified atom stereocenters. The van der Waals surface area contributed by atoms with Crippen LogP contribution in [0.3, 0.4) is 0 Å². The summed E-state index contributed by atoms with van der Waals surface area (Å²) in [4.78, 5) is 47.2. The van der Waals surface area contributed by atoms with Crippen LogP contribution in [0.4, 0.5) is 0 Å². The first-order chi connectivity index (χ1) is 16.3. The van der Waals surface area contributed by atoms with Crippen molar-refractivity contribution in [2.75, 3.05) is 32.8 Å². The van der Waals surface area contributed by atoms with Gasteiger partial charge in [-0.15, -0.1) is 0 Å². The summed E-state index contributed by atoms with van der Waals surface area (Å²) in [6, 6.07) is -0.852. The lowest BCUT2D eigenvalue weighted by Gasteiger charge is -2.39. The van der Waals surface area contributed by atoms with Crippen LogP contribution in [0.1, 0.15) is 53.4 Å². The standard InChI is InChI=1S/C26H39N3O5/c1-5-13-27-14-9-11-25(6-2)19(22(27)31)20-23(32)29(15-7-8-17-30)21-24(33)28(18(3)4)16-10-12-26(20,21)34-25/h9-12,18-21,30H,5-8,13-17H2,1-4H3/t19-,20+,21?,25+,26+/m1/s1. The van der Waals surface area contributed by atoms with E-state index in [0.29, 0.717) is 45.4 Å². The zero-order chi connectivity index (χ0) is 24.7. The van der Waals surface area contributed by atoms with Gasteiger partial charge in [0.25, 0.3) is 0 Å². The van der Waals surface area contributed by atoms with Crippen LogP contribution in [-0.2, 0) is 19.1 Å². The van der Waals surface area contributed by atoms with Crippen molar-refractivity contribution in [2.24, 2.45) is 11.8 Å². The van der Waals surface area contributed by atoms with Gasteiger partial charge in [0, 0.05) is 38.8 Å². The van der Waals surface area contributed by atoms with Crippen LogP contribution in [0.5, 0.6) is 0 Å². The van der Waals surface area contributed by atoms with E-state index in [4.69, 9.17) is 4.74 Å². The summed E-state index contributed by atoms with van der Waals surface area (Å²) >= 11 is 0. The number of ether oxygens (including phenoxy) is 1. The Hall–Kier alpha value is -2.19. The molecule has 1 N–H and O–H groups in total. The zero-order valence-electron chi connectivity index (χ0n) is 20.9. The molecule has 0 aromatic carbocycles. The second kappa shape index (κ2) is 9.46. The molecule has 8 heteroatoms. The molecule has 4 aliphatic heterocycles. The topological polar surface area (TPSA) is 90.4 Å². The SMILES string of the molecule is CCCN1CC=C[C@]2(CC)O[C@]34C=CCN(C(C)C)C(=O)C3N(CCCCO)C(=O)[C@@H]4[C@@H]2C1=O. The Bertz CT molecular complexity index is 886. The second-order valence-electron chi connectivity index (χ2n) is 10.3. The Kier molecular flexibility index (Phi) is 6.93. The third kappa shape index (κ3) is 3.61. The maximum atomic E-state index is 14.1. The van der Waals surface area contributed by atoms with E-state index in [0.717, 1.165) is 6.42 Å². The molecule has 0 aliphatic carbocycles. The molecule has 4 heterocycles. The van der Waals surface area contributed by atoms with Gasteiger partial charge in [-0.1, -0.05) is 38.2 Å². The van der Waals surface area contributed by atoms with E-state index in [2.05, 4.69) is 0 Å². The Morgan fingerprint density at radius 2 is 1.74 bits per heavy atom. The first-order valence-corrected chi connectivity index (χ1v) is 12.8. The van der Waals surface area contributed by atoms with Crippen molar-refractivity contribution in [1.29, 1.82) is 0 Å². The van der Waals surface area contributed by atoms with Gasteiger partial charge in [0.05, 0.1) is 17.4 Å². The molecule has 1 spiro atoms. The van der Waals surface area contributed by atoms with Crippen LogP contribution < -0.4 is 0 Å². The van der Waals surface area contributed by atoms with Crippen molar-refractivity contribution in [1.82, 2.24) is 14.7 Å². The first-order valence-electron chi connectivity index (χ1n) is 12.8. The van der Waals surface area contributed by atoms with E-state index in [1.54, 1.807) is 9.80 Å². The molecule has 0 aromatic heterocycles. The molecule has 0 radical (unpaired) electrons. The van der Waals surface area contributed by atoms with Gasteiger partial charge >= 0.3 is 0 Å². The fraction of sp³-hybridized carbons (Fsp3) is 0.731. The monoisotopic (exact) mass is 473 g/mol. The van der Waals surface area contributed by atoms with Gasteiger partial charge in [0.2, 0.25) is 17.7 Å². The molecule has 2 fully saturated rings. The normalized spacial score (nSPS) is 35.1. The molecule has 4 rings (SSSR count). The van der Waals surface area contributed by atoms with Crippen molar-refractivity contribution in [3.63, 3.8) is 0 Å². The predicted molar refractivity (Wildman–Crippen MR) is 128 cm³/mol. The number of hydrogen-bond donors (Lipinski definition) is 1. The van der Waals surface area contributed by atoms with Crippen molar-refractivity contribution in [3.8, 4) is 0 Å². The highest BCUT2D eigenvalue weighted by molar-refractivity contribution is 6.00. The number of amides is 3. The van der Waals surface area contributed by atoms with Crippen LogP contribution >= 0.6 is 0 Å². The van der Waals surface area contributed by atoms with Gasteiger partial charge < -0.3 is 24.5 Å². The summed E-state index contributed by atoms with van der Waals surface area (Å²) < 4.78 is 6.90. The van der Waals surface area contributed by atoms with E-state index < -0.39 is 29.1 Å². The molecule has 4 aliphatic rings. The number of likely N-dealkylation sites (tertiary alicyclic amines) is 1. The van der Waals surface area contributed by atoms with Gasteiger partial charge in [-0.2, -0.15) is 0 Å². The number of fused-ring (bicyclic) bond motifs is 2. The molecule has 188 valence electrons. The molecule has 0 saturated carbocycles. The van der Waals surface area contributed by atoms with Gasteiger partial charge in [0.1, 0.15) is 11.6 Å². The van der Waals surface area contributed by atoms with E-state index in [1.165, 1.54) is 0 Å². The lowest BCUT2D eigenvalue weighted by atomic mass is 9.73. The number of aliphatic hydroxyl groups excluding tert-OH is 1. The van der Waals surface area contributed by atoms with Crippen LogP contribution in [-0.4, -0.2) is 93.6 Å². The summed E-state index contributed by atoms with van der Waals surface area (Å²) in [5.74, 6) is -1.82. The Labute approximate surface area is 202 Å². The first kappa shape index (κ1) is 24.9. The molecular weight excluding hydrogens is 434 g/mol. The van der Waals surface area contributed by atoms with Crippen LogP contribution in [0.25, 0.3) is 0 Å². The maximum absolute atomic E-state index is 14.1. The lowest BCUT2D eigenvalue weighted by molar-refractivity contribution is -0.155. The van der Waals surface area contributed by atoms with Crippen LogP contribution in [0.2, 0.25) is 0 Å². The number of rotatable bonds is 8. The summed E-state index contributed by atoms with van der Waals surface area (Å²) in [5, 5.41) is 9.30. The van der Waals surface area contributed by atoms with Crippen molar-refractivity contribution >= 4 is 17.7 Å². The number of carbonyl (C=O) groups excluding carboxylic acids is 3. The third-order valence-electron chi connectivity index (χ3n) is 7.98. The fourth-order valence-corrected chi connectivity index (χ4v) is 6.40. The average Bonchev–Trinajstić information content (AvgIpc) is 3.09. The number of nitrogens with zero attached hydrogens (tertiary/aromatic N) is 3.